The molecule has 0 saturated carbocycles. The summed E-state index contributed by atoms with van der Waals surface area (Å²) < 4.78 is 14.6. The number of amidine groups is 1. The fourth-order valence-corrected chi connectivity index (χ4v) is 4.47. The van der Waals surface area contributed by atoms with Crippen LogP contribution in [0.4, 0.5) is 10.1 Å². The van der Waals surface area contributed by atoms with Crippen LogP contribution in [-0.2, 0) is 4.79 Å². The van der Waals surface area contributed by atoms with Crippen molar-refractivity contribution >= 4 is 34.7 Å². The SMILES string of the molecule is CCN1CCN(/C=C2\N=C3CN=C(c4ccccc4F)c4cc(Cl)ccc4N3C2=O)CC1. The van der Waals surface area contributed by atoms with E-state index >= 15 is 0 Å². The summed E-state index contributed by atoms with van der Waals surface area (Å²) in [5, 5.41) is 0.490. The number of aliphatic imine (C=N–C) groups is 2. The summed E-state index contributed by atoms with van der Waals surface area (Å²) in [6.45, 7) is 7.00. The van der Waals surface area contributed by atoms with Gasteiger partial charge in [0, 0.05) is 48.5 Å². The molecule has 0 aromatic heterocycles. The maximum atomic E-state index is 14.6. The van der Waals surface area contributed by atoms with E-state index in [1.165, 1.54) is 6.07 Å². The van der Waals surface area contributed by atoms with Gasteiger partial charge in [-0.05, 0) is 36.9 Å². The Morgan fingerprint density at radius 1 is 1.09 bits per heavy atom. The van der Waals surface area contributed by atoms with Crippen LogP contribution in [0.25, 0.3) is 0 Å². The summed E-state index contributed by atoms with van der Waals surface area (Å²) in [6, 6.07) is 11.7. The Bertz CT molecular complexity index is 1170. The van der Waals surface area contributed by atoms with Crippen molar-refractivity contribution in [3.63, 3.8) is 0 Å². The van der Waals surface area contributed by atoms with E-state index in [2.05, 4.69) is 26.7 Å². The summed E-state index contributed by atoms with van der Waals surface area (Å²) in [6.07, 6.45) is 1.86. The molecule has 0 radical (unpaired) electrons. The van der Waals surface area contributed by atoms with E-state index in [9.17, 15) is 9.18 Å². The van der Waals surface area contributed by atoms with Crippen LogP contribution in [0.3, 0.4) is 0 Å². The van der Waals surface area contributed by atoms with Crippen LogP contribution in [0.5, 0.6) is 0 Å². The number of fused-ring (bicyclic) bond motifs is 3. The molecule has 6 nitrogen and oxygen atoms in total. The number of hydrogen-bond acceptors (Lipinski definition) is 5. The van der Waals surface area contributed by atoms with Gasteiger partial charge in [-0.3, -0.25) is 14.7 Å². The third-order valence-corrected chi connectivity index (χ3v) is 6.29. The first-order valence-electron chi connectivity index (χ1n) is 10.7. The van der Waals surface area contributed by atoms with Gasteiger partial charge in [0.25, 0.3) is 5.91 Å². The van der Waals surface area contributed by atoms with Gasteiger partial charge in [-0.25, -0.2) is 9.38 Å². The first-order chi connectivity index (χ1) is 15.5. The van der Waals surface area contributed by atoms with Gasteiger partial charge in [-0.15, -0.1) is 0 Å². The maximum Gasteiger partial charge on any atom is 0.284 e. The minimum Gasteiger partial charge on any atom is -0.373 e. The van der Waals surface area contributed by atoms with E-state index in [0.29, 0.717) is 39.1 Å². The fraction of sp³-hybridized carbons (Fsp3) is 0.292. The van der Waals surface area contributed by atoms with Crippen LogP contribution in [0, 0.1) is 5.82 Å². The van der Waals surface area contributed by atoms with E-state index in [0.717, 1.165) is 32.7 Å². The lowest BCUT2D eigenvalue weighted by Gasteiger charge is -2.33. The number of rotatable bonds is 3. The Kier molecular flexibility index (Phi) is 5.53. The molecule has 5 rings (SSSR count). The number of piperazine rings is 1. The number of carbonyl (C=O) groups is 1. The van der Waals surface area contributed by atoms with Crippen LogP contribution in [0.1, 0.15) is 18.1 Å². The van der Waals surface area contributed by atoms with Gasteiger partial charge < -0.3 is 9.80 Å². The van der Waals surface area contributed by atoms with Gasteiger partial charge in [0.1, 0.15) is 17.3 Å². The van der Waals surface area contributed by atoms with Crippen molar-refractivity contribution < 1.29 is 9.18 Å². The zero-order chi connectivity index (χ0) is 22.2. The number of halogens is 2. The number of hydrogen-bond donors (Lipinski definition) is 0. The molecular formula is C24H23ClFN5O. The molecule has 3 heterocycles. The lowest BCUT2D eigenvalue weighted by molar-refractivity contribution is -0.114. The molecule has 3 aliphatic heterocycles. The maximum absolute atomic E-state index is 14.6. The van der Waals surface area contributed by atoms with E-state index in [4.69, 9.17) is 11.6 Å². The highest BCUT2D eigenvalue weighted by Gasteiger charge is 2.36. The number of nitrogens with zero attached hydrogens (tertiary/aromatic N) is 5. The first kappa shape index (κ1) is 20.8. The van der Waals surface area contributed by atoms with E-state index in [1.807, 2.05) is 6.20 Å². The molecule has 0 aliphatic carbocycles. The van der Waals surface area contributed by atoms with Gasteiger partial charge >= 0.3 is 0 Å². The molecule has 0 N–H and O–H groups in total. The molecule has 0 unspecified atom stereocenters. The van der Waals surface area contributed by atoms with Gasteiger partial charge in [0.05, 0.1) is 17.9 Å². The average molecular weight is 452 g/mol. The average Bonchev–Trinajstić information content (AvgIpc) is 3.01. The Hall–Kier alpha value is -3.03. The monoisotopic (exact) mass is 451 g/mol. The Morgan fingerprint density at radius 2 is 1.88 bits per heavy atom. The molecule has 0 bridgehead atoms. The fourth-order valence-electron chi connectivity index (χ4n) is 4.30. The predicted molar refractivity (Wildman–Crippen MR) is 125 cm³/mol. The normalized spacial score (nSPS) is 20.1. The Balaban J connectivity index is 1.54. The van der Waals surface area contributed by atoms with Crippen LogP contribution in [0.15, 0.2) is 64.3 Å². The van der Waals surface area contributed by atoms with Crippen molar-refractivity contribution in [1.82, 2.24) is 9.80 Å². The summed E-state index contributed by atoms with van der Waals surface area (Å²) in [4.78, 5) is 28.8. The third-order valence-electron chi connectivity index (χ3n) is 6.05. The van der Waals surface area contributed by atoms with Crippen molar-refractivity contribution in [3.8, 4) is 0 Å². The second-order valence-corrected chi connectivity index (χ2v) is 8.40. The van der Waals surface area contributed by atoms with Crippen molar-refractivity contribution in [3.05, 3.63) is 76.3 Å². The molecular weight excluding hydrogens is 429 g/mol. The summed E-state index contributed by atoms with van der Waals surface area (Å²) in [5.41, 5.74) is 2.45. The van der Waals surface area contributed by atoms with Crippen LogP contribution in [-0.4, -0.2) is 66.5 Å². The van der Waals surface area contributed by atoms with Gasteiger partial charge in [-0.1, -0.05) is 30.7 Å². The minimum atomic E-state index is -0.376. The van der Waals surface area contributed by atoms with Crippen LogP contribution >= 0.6 is 11.6 Å². The molecule has 1 amide bonds. The van der Waals surface area contributed by atoms with Crippen LogP contribution in [0.2, 0.25) is 5.02 Å². The molecule has 2 aromatic carbocycles. The Morgan fingerprint density at radius 3 is 2.62 bits per heavy atom. The van der Waals surface area contributed by atoms with Crippen molar-refractivity contribution in [2.24, 2.45) is 9.98 Å². The zero-order valence-corrected chi connectivity index (χ0v) is 18.5. The number of likely N-dealkylation sites (N-methyl/N-ethyl adjacent to an activating group) is 1. The van der Waals surface area contributed by atoms with Crippen LogP contribution < -0.4 is 4.90 Å². The first-order valence-corrected chi connectivity index (χ1v) is 11.1. The van der Waals surface area contributed by atoms with E-state index < -0.39 is 0 Å². The largest absolute Gasteiger partial charge is 0.373 e. The highest BCUT2D eigenvalue weighted by Crippen LogP contribution is 2.34. The molecule has 8 heteroatoms. The number of anilines is 1. The molecule has 1 saturated heterocycles. The topological polar surface area (TPSA) is 51.5 Å². The van der Waals surface area contributed by atoms with E-state index in [1.54, 1.807) is 41.3 Å². The molecule has 32 heavy (non-hydrogen) atoms. The summed E-state index contributed by atoms with van der Waals surface area (Å²) in [7, 11) is 0. The van der Waals surface area contributed by atoms with Gasteiger partial charge in [0.15, 0.2) is 0 Å². The van der Waals surface area contributed by atoms with Crippen molar-refractivity contribution in [1.29, 1.82) is 0 Å². The highest BCUT2D eigenvalue weighted by molar-refractivity contribution is 6.34. The zero-order valence-electron chi connectivity index (χ0n) is 17.8. The lowest BCUT2D eigenvalue weighted by Crippen LogP contribution is -2.44. The summed E-state index contributed by atoms with van der Waals surface area (Å²) in [5.74, 6) is -0.0471. The number of benzene rings is 2. The second kappa shape index (κ2) is 8.48. The molecule has 164 valence electrons. The molecule has 2 aromatic rings. The number of amides is 1. The smallest absolute Gasteiger partial charge is 0.284 e. The lowest BCUT2D eigenvalue weighted by atomic mass is 9.99. The predicted octanol–water partition coefficient (Wildman–Crippen LogP) is 3.55. The van der Waals surface area contributed by atoms with Crippen molar-refractivity contribution in [2.45, 2.75) is 6.92 Å². The molecule has 0 spiro atoms. The second-order valence-electron chi connectivity index (χ2n) is 7.96. The Labute approximate surface area is 191 Å². The van der Waals surface area contributed by atoms with Gasteiger partial charge in [-0.2, -0.15) is 0 Å². The standard InChI is InChI=1S/C24H23ClFN5O/c1-2-29-9-11-30(12-10-29)15-20-24(32)31-21-8-7-16(25)13-18(21)23(27-14-22(31)28-20)17-5-3-4-6-19(17)26/h3-8,13,15H,2,9-12,14H2,1H3/b20-15-. The third kappa shape index (κ3) is 3.72. The van der Waals surface area contributed by atoms with E-state index in [-0.39, 0.29) is 18.3 Å². The minimum absolute atomic E-state index is 0.169. The highest BCUT2D eigenvalue weighted by atomic mass is 35.5. The van der Waals surface area contributed by atoms with Gasteiger partial charge in [0.2, 0.25) is 0 Å². The molecule has 1 fully saturated rings. The van der Waals surface area contributed by atoms with Crippen molar-refractivity contribution in [2.75, 3.05) is 44.2 Å². The molecule has 0 atom stereocenters. The summed E-state index contributed by atoms with van der Waals surface area (Å²) >= 11 is 6.28. The quantitative estimate of drug-likeness (QED) is 0.670. The molecule has 3 aliphatic rings. The number of carbonyl (C=O) groups excluding carboxylic acids is 1.